The molecular weight excluding hydrogens is 384 g/mol. The Morgan fingerprint density at radius 1 is 1.15 bits per heavy atom. The van der Waals surface area contributed by atoms with E-state index in [2.05, 4.69) is 5.32 Å². The molecule has 0 aliphatic carbocycles. The molecule has 0 atom stereocenters. The Balaban J connectivity index is 1.51. The van der Waals surface area contributed by atoms with E-state index in [-0.39, 0.29) is 24.0 Å². The highest BCUT2D eigenvalue weighted by atomic mass is 32.2. The molecule has 1 aromatic carbocycles. The number of hydrogen-bond acceptors (Lipinski definition) is 5. The van der Waals surface area contributed by atoms with Gasteiger partial charge in [-0.2, -0.15) is 9.57 Å². The molecule has 0 saturated carbocycles. The number of nitriles is 1. The first-order chi connectivity index (χ1) is 13.0. The molecule has 1 N–H and O–H groups in total. The second-order valence-electron chi connectivity index (χ2n) is 6.09. The Bertz CT molecular complexity index is 911. The number of sulfonamides is 1. The third-order valence-corrected chi connectivity index (χ3v) is 7.22. The Kier molecular flexibility index (Phi) is 6.11. The number of hydrogen-bond donors (Lipinski definition) is 1. The summed E-state index contributed by atoms with van der Waals surface area (Å²) in [5.41, 5.74) is 0.415. The van der Waals surface area contributed by atoms with Gasteiger partial charge in [0.15, 0.2) is 0 Å². The summed E-state index contributed by atoms with van der Waals surface area (Å²) in [6.07, 6.45) is 0.788. The van der Waals surface area contributed by atoms with Gasteiger partial charge in [0.25, 0.3) is 0 Å². The molecule has 1 aliphatic rings. The topological polar surface area (TPSA) is 93.5 Å². The largest absolute Gasteiger partial charge is 0.338 e. The van der Waals surface area contributed by atoms with Crippen LogP contribution in [-0.4, -0.2) is 56.4 Å². The van der Waals surface area contributed by atoms with Crippen molar-refractivity contribution in [1.82, 2.24) is 14.5 Å². The Morgan fingerprint density at radius 3 is 2.44 bits per heavy atom. The number of nitrogens with one attached hydrogen (secondary N) is 1. The number of thiophene rings is 1. The van der Waals surface area contributed by atoms with Crippen LogP contribution in [0.4, 0.5) is 4.79 Å². The monoisotopic (exact) mass is 404 g/mol. The van der Waals surface area contributed by atoms with E-state index in [1.165, 1.54) is 33.4 Å². The van der Waals surface area contributed by atoms with Gasteiger partial charge in [-0.05, 0) is 42.1 Å². The van der Waals surface area contributed by atoms with E-state index in [4.69, 9.17) is 5.26 Å². The van der Waals surface area contributed by atoms with Crippen molar-refractivity contribution in [3.8, 4) is 6.07 Å². The van der Waals surface area contributed by atoms with Crippen LogP contribution in [0, 0.1) is 11.3 Å². The second-order valence-corrected chi connectivity index (χ2v) is 9.06. The number of nitrogens with zero attached hydrogens (tertiary/aromatic N) is 3. The fourth-order valence-corrected chi connectivity index (χ4v) is 4.97. The van der Waals surface area contributed by atoms with Crippen molar-refractivity contribution in [3.05, 3.63) is 52.2 Å². The molecule has 1 fully saturated rings. The summed E-state index contributed by atoms with van der Waals surface area (Å²) >= 11 is 1.66. The highest BCUT2D eigenvalue weighted by Crippen LogP contribution is 2.18. The van der Waals surface area contributed by atoms with E-state index in [1.807, 2.05) is 23.6 Å². The van der Waals surface area contributed by atoms with Gasteiger partial charge in [0.05, 0.1) is 16.5 Å². The number of carbonyl (C=O) groups excluding carboxylic acids is 1. The average molecular weight is 405 g/mol. The third-order valence-electron chi connectivity index (χ3n) is 4.37. The maximum absolute atomic E-state index is 12.7. The SMILES string of the molecule is N#Cc1ccc(S(=O)(=O)N2CCN(C(=O)NCCc3cccs3)CC2)cc1. The number of urea groups is 1. The summed E-state index contributed by atoms with van der Waals surface area (Å²) in [6.45, 7) is 1.76. The maximum atomic E-state index is 12.7. The molecule has 2 aromatic rings. The minimum Gasteiger partial charge on any atom is -0.338 e. The number of rotatable bonds is 5. The molecule has 142 valence electrons. The predicted molar refractivity (Wildman–Crippen MR) is 103 cm³/mol. The van der Waals surface area contributed by atoms with Gasteiger partial charge in [-0.3, -0.25) is 0 Å². The lowest BCUT2D eigenvalue weighted by molar-refractivity contribution is 0.172. The van der Waals surface area contributed by atoms with E-state index in [0.29, 0.717) is 25.2 Å². The Hall–Kier alpha value is -2.41. The van der Waals surface area contributed by atoms with E-state index < -0.39 is 10.0 Å². The third kappa shape index (κ3) is 4.66. The molecule has 2 amide bonds. The molecular formula is C18H20N4O3S2. The molecule has 0 unspecified atom stereocenters. The number of carbonyl (C=O) groups is 1. The van der Waals surface area contributed by atoms with Crippen LogP contribution in [0.25, 0.3) is 0 Å². The highest BCUT2D eigenvalue weighted by molar-refractivity contribution is 7.89. The van der Waals surface area contributed by atoms with Gasteiger partial charge < -0.3 is 10.2 Å². The molecule has 0 radical (unpaired) electrons. The molecule has 1 saturated heterocycles. The van der Waals surface area contributed by atoms with Gasteiger partial charge in [0.1, 0.15) is 0 Å². The van der Waals surface area contributed by atoms with E-state index in [1.54, 1.807) is 16.2 Å². The number of piperazine rings is 1. The van der Waals surface area contributed by atoms with Crippen molar-refractivity contribution >= 4 is 27.4 Å². The van der Waals surface area contributed by atoms with Crippen LogP contribution in [0.1, 0.15) is 10.4 Å². The summed E-state index contributed by atoms with van der Waals surface area (Å²) in [5, 5.41) is 13.7. The molecule has 1 aromatic heterocycles. The quantitative estimate of drug-likeness (QED) is 0.823. The Labute approximate surface area is 162 Å². The lowest BCUT2D eigenvalue weighted by atomic mass is 10.2. The maximum Gasteiger partial charge on any atom is 0.317 e. The first-order valence-electron chi connectivity index (χ1n) is 8.56. The summed E-state index contributed by atoms with van der Waals surface area (Å²) in [5.74, 6) is 0. The predicted octanol–water partition coefficient (Wildman–Crippen LogP) is 1.88. The van der Waals surface area contributed by atoms with Gasteiger partial charge in [-0.25, -0.2) is 13.2 Å². The molecule has 0 bridgehead atoms. The fourth-order valence-electron chi connectivity index (χ4n) is 2.84. The van der Waals surface area contributed by atoms with Crippen LogP contribution in [0.3, 0.4) is 0 Å². The van der Waals surface area contributed by atoms with Gasteiger partial charge in [-0.15, -0.1) is 11.3 Å². The van der Waals surface area contributed by atoms with Crippen LogP contribution in [0.5, 0.6) is 0 Å². The fraction of sp³-hybridized carbons (Fsp3) is 0.333. The second kappa shape index (κ2) is 8.52. The molecule has 0 spiro atoms. The van der Waals surface area contributed by atoms with Gasteiger partial charge in [0.2, 0.25) is 10.0 Å². The molecule has 27 heavy (non-hydrogen) atoms. The smallest absolute Gasteiger partial charge is 0.317 e. The lowest BCUT2D eigenvalue weighted by Gasteiger charge is -2.34. The standard InChI is InChI=1S/C18H20N4O3S2/c19-14-15-3-5-17(6-4-15)27(24,25)22-11-9-21(10-12-22)18(23)20-8-7-16-2-1-13-26-16/h1-6,13H,7-12H2,(H,20,23). The zero-order valence-electron chi connectivity index (χ0n) is 14.7. The normalized spacial score (nSPS) is 15.3. The average Bonchev–Trinajstić information content (AvgIpc) is 3.21. The van der Waals surface area contributed by atoms with Crippen molar-refractivity contribution < 1.29 is 13.2 Å². The van der Waals surface area contributed by atoms with E-state index in [9.17, 15) is 13.2 Å². The molecule has 2 heterocycles. The molecule has 1 aliphatic heterocycles. The van der Waals surface area contributed by atoms with Crippen LogP contribution in [0.2, 0.25) is 0 Å². The van der Waals surface area contributed by atoms with Crippen LogP contribution in [0.15, 0.2) is 46.7 Å². The van der Waals surface area contributed by atoms with E-state index >= 15 is 0 Å². The van der Waals surface area contributed by atoms with Gasteiger partial charge >= 0.3 is 6.03 Å². The van der Waals surface area contributed by atoms with Gasteiger partial charge in [-0.1, -0.05) is 6.07 Å². The summed E-state index contributed by atoms with van der Waals surface area (Å²) in [4.78, 5) is 15.3. The first-order valence-corrected chi connectivity index (χ1v) is 10.9. The van der Waals surface area contributed by atoms with Crippen molar-refractivity contribution in [3.63, 3.8) is 0 Å². The van der Waals surface area contributed by atoms with Crippen LogP contribution in [-0.2, 0) is 16.4 Å². The van der Waals surface area contributed by atoms with Crippen molar-refractivity contribution in [2.75, 3.05) is 32.7 Å². The van der Waals surface area contributed by atoms with Crippen LogP contribution >= 0.6 is 11.3 Å². The lowest BCUT2D eigenvalue weighted by Crippen LogP contribution is -2.53. The van der Waals surface area contributed by atoms with Crippen molar-refractivity contribution in [2.45, 2.75) is 11.3 Å². The van der Waals surface area contributed by atoms with Crippen molar-refractivity contribution in [2.24, 2.45) is 0 Å². The van der Waals surface area contributed by atoms with Gasteiger partial charge in [0, 0.05) is 37.6 Å². The molecule has 9 heteroatoms. The zero-order chi connectivity index (χ0) is 19.3. The molecule has 3 rings (SSSR count). The summed E-state index contributed by atoms with van der Waals surface area (Å²) in [7, 11) is -3.62. The Morgan fingerprint density at radius 2 is 1.85 bits per heavy atom. The number of amides is 2. The highest BCUT2D eigenvalue weighted by Gasteiger charge is 2.30. The van der Waals surface area contributed by atoms with E-state index in [0.717, 1.165) is 6.42 Å². The first kappa shape index (κ1) is 19.4. The summed E-state index contributed by atoms with van der Waals surface area (Å²) in [6, 6.07) is 11.7. The minimum atomic E-state index is -3.62. The van der Waals surface area contributed by atoms with Crippen LogP contribution < -0.4 is 5.32 Å². The zero-order valence-corrected chi connectivity index (χ0v) is 16.3. The van der Waals surface area contributed by atoms with Crippen molar-refractivity contribution in [1.29, 1.82) is 5.26 Å². The summed E-state index contributed by atoms with van der Waals surface area (Å²) < 4.78 is 26.8. The number of benzene rings is 1. The minimum absolute atomic E-state index is 0.162. The molecule has 7 nitrogen and oxygen atoms in total.